The zero-order chi connectivity index (χ0) is 12.1. The van der Waals surface area contributed by atoms with E-state index in [4.69, 9.17) is 5.26 Å². The monoisotopic (exact) mass is 227 g/mol. The number of aromatic nitrogens is 4. The summed E-state index contributed by atoms with van der Waals surface area (Å²) in [5.74, 6) is 0.161. The number of nitriles is 1. The summed E-state index contributed by atoms with van der Waals surface area (Å²) in [5.41, 5.74) is 4.72. The van der Waals surface area contributed by atoms with Crippen molar-refractivity contribution in [2.75, 3.05) is 5.43 Å². The van der Waals surface area contributed by atoms with Gasteiger partial charge in [0.2, 0.25) is 11.5 Å². The van der Waals surface area contributed by atoms with Crippen LogP contribution in [-0.4, -0.2) is 26.3 Å². The maximum Gasteiger partial charge on any atom is 0.235 e. The molecule has 0 saturated carbocycles. The quantitative estimate of drug-likeness (QED) is 0.597. The molecule has 17 heavy (non-hydrogen) atoms. The van der Waals surface area contributed by atoms with E-state index in [2.05, 4.69) is 31.2 Å². The molecule has 0 fully saturated rings. The summed E-state index contributed by atoms with van der Waals surface area (Å²) in [6.07, 6.45) is 0. The molecule has 2 aromatic rings. The number of para-hydroxylation sites is 1. The predicted octanol–water partition coefficient (Wildman–Crippen LogP) is 0.848. The van der Waals surface area contributed by atoms with Gasteiger partial charge < -0.3 is 0 Å². The van der Waals surface area contributed by atoms with Gasteiger partial charge in [-0.25, -0.2) is 0 Å². The number of rotatable bonds is 3. The van der Waals surface area contributed by atoms with E-state index < -0.39 is 0 Å². The van der Waals surface area contributed by atoms with Crippen molar-refractivity contribution >= 4 is 11.4 Å². The Morgan fingerprint density at radius 3 is 2.94 bits per heavy atom. The number of tetrazole rings is 1. The lowest BCUT2D eigenvalue weighted by atomic mass is 10.2. The molecule has 0 aliphatic carbocycles. The fraction of sp³-hybridized carbons (Fsp3) is 0.100. The Balaban J connectivity index is 2.21. The molecular formula is C10H9N7. The standard InChI is InChI=1S/C10H9N7/c1-7-4-2-3-5-8(7)12-13-9(6-11)10-14-16-17-15-10/h2-5,12H,1H3,(H,14,15,16,17)/b13-9-. The Labute approximate surface area is 97.2 Å². The van der Waals surface area contributed by atoms with E-state index in [-0.39, 0.29) is 11.5 Å². The van der Waals surface area contributed by atoms with Crippen molar-refractivity contribution in [1.82, 2.24) is 20.6 Å². The van der Waals surface area contributed by atoms with Crippen molar-refractivity contribution in [1.29, 1.82) is 5.26 Å². The lowest BCUT2D eigenvalue weighted by molar-refractivity contribution is 0.881. The minimum atomic E-state index is 0.0713. The lowest BCUT2D eigenvalue weighted by Crippen LogP contribution is -2.04. The first-order valence-corrected chi connectivity index (χ1v) is 4.84. The molecule has 7 heteroatoms. The van der Waals surface area contributed by atoms with Crippen LogP contribution in [0.1, 0.15) is 11.4 Å². The molecule has 0 aliphatic rings. The van der Waals surface area contributed by atoms with Gasteiger partial charge in [0.1, 0.15) is 6.07 Å². The van der Waals surface area contributed by atoms with Crippen LogP contribution in [0.2, 0.25) is 0 Å². The summed E-state index contributed by atoms with van der Waals surface area (Å²) in [4.78, 5) is 0. The fourth-order valence-electron chi connectivity index (χ4n) is 1.20. The van der Waals surface area contributed by atoms with Crippen molar-refractivity contribution in [3.8, 4) is 6.07 Å². The third kappa shape index (κ3) is 2.43. The molecule has 1 aromatic carbocycles. The highest BCUT2D eigenvalue weighted by Gasteiger charge is 2.07. The highest BCUT2D eigenvalue weighted by atomic mass is 15.5. The van der Waals surface area contributed by atoms with Crippen LogP contribution in [0, 0.1) is 18.3 Å². The number of H-pyrrole nitrogens is 1. The molecule has 0 aliphatic heterocycles. The maximum absolute atomic E-state index is 8.90. The Morgan fingerprint density at radius 2 is 2.29 bits per heavy atom. The third-order valence-electron chi connectivity index (χ3n) is 2.10. The molecule has 0 amide bonds. The van der Waals surface area contributed by atoms with E-state index >= 15 is 0 Å². The summed E-state index contributed by atoms with van der Waals surface area (Å²) in [5, 5.41) is 25.8. The van der Waals surface area contributed by atoms with Gasteiger partial charge in [-0.2, -0.15) is 15.6 Å². The highest BCUT2D eigenvalue weighted by molar-refractivity contribution is 6.09. The highest BCUT2D eigenvalue weighted by Crippen LogP contribution is 2.12. The van der Waals surface area contributed by atoms with Gasteiger partial charge in [0.15, 0.2) is 0 Å². The molecule has 0 saturated heterocycles. The lowest BCUT2D eigenvalue weighted by Gasteiger charge is -2.03. The number of hydrazone groups is 1. The van der Waals surface area contributed by atoms with Gasteiger partial charge in [0.05, 0.1) is 5.69 Å². The van der Waals surface area contributed by atoms with Crippen LogP contribution in [0.15, 0.2) is 29.4 Å². The second-order valence-electron chi connectivity index (χ2n) is 3.23. The van der Waals surface area contributed by atoms with E-state index in [0.717, 1.165) is 11.3 Å². The molecule has 0 radical (unpaired) electrons. The average molecular weight is 227 g/mol. The second-order valence-corrected chi connectivity index (χ2v) is 3.23. The molecule has 1 heterocycles. The van der Waals surface area contributed by atoms with E-state index in [9.17, 15) is 0 Å². The van der Waals surface area contributed by atoms with E-state index in [0.29, 0.717) is 0 Å². The Hall–Kier alpha value is -2.75. The molecule has 84 valence electrons. The Morgan fingerprint density at radius 1 is 1.47 bits per heavy atom. The van der Waals surface area contributed by atoms with Crippen LogP contribution in [-0.2, 0) is 0 Å². The SMILES string of the molecule is Cc1ccccc1N/N=C(/C#N)c1nn[nH]n1. The van der Waals surface area contributed by atoms with Gasteiger partial charge >= 0.3 is 0 Å². The summed E-state index contributed by atoms with van der Waals surface area (Å²) in [6, 6.07) is 9.51. The molecule has 0 unspecified atom stereocenters. The Bertz CT molecular complexity index is 565. The molecule has 0 atom stereocenters. The largest absolute Gasteiger partial charge is 0.277 e. The van der Waals surface area contributed by atoms with Gasteiger partial charge in [0, 0.05) is 0 Å². The normalized spacial score (nSPS) is 10.9. The molecule has 0 bridgehead atoms. The van der Waals surface area contributed by atoms with Crippen LogP contribution in [0.5, 0.6) is 0 Å². The summed E-state index contributed by atoms with van der Waals surface area (Å²) in [7, 11) is 0. The topological polar surface area (TPSA) is 103 Å². The molecule has 1 aromatic heterocycles. The number of hydrogen-bond acceptors (Lipinski definition) is 6. The van der Waals surface area contributed by atoms with Gasteiger partial charge in [0.25, 0.3) is 0 Å². The summed E-state index contributed by atoms with van der Waals surface area (Å²) >= 11 is 0. The van der Waals surface area contributed by atoms with Crippen molar-refractivity contribution in [3.63, 3.8) is 0 Å². The minimum absolute atomic E-state index is 0.0713. The number of nitrogens with one attached hydrogen (secondary N) is 2. The molecule has 0 spiro atoms. The molecule has 2 N–H and O–H groups in total. The maximum atomic E-state index is 8.90. The summed E-state index contributed by atoms with van der Waals surface area (Å²) < 4.78 is 0. The number of aromatic amines is 1. The average Bonchev–Trinajstić information content (AvgIpc) is 2.86. The van der Waals surface area contributed by atoms with E-state index in [1.807, 2.05) is 37.3 Å². The van der Waals surface area contributed by atoms with Crippen molar-refractivity contribution < 1.29 is 0 Å². The number of aryl methyl sites for hydroxylation is 1. The smallest absolute Gasteiger partial charge is 0.235 e. The first-order chi connectivity index (χ1) is 8.31. The summed E-state index contributed by atoms with van der Waals surface area (Å²) in [6.45, 7) is 1.94. The van der Waals surface area contributed by atoms with Gasteiger partial charge in [-0.05, 0) is 23.8 Å². The predicted molar refractivity (Wildman–Crippen MR) is 61.1 cm³/mol. The molecule has 2 rings (SSSR count). The zero-order valence-electron chi connectivity index (χ0n) is 9.05. The van der Waals surface area contributed by atoms with E-state index in [1.165, 1.54) is 0 Å². The molecule has 7 nitrogen and oxygen atoms in total. The number of hydrogen-bond donors (Lipinski definition) is 2. The third-order valence-corrected chi connectivity index (χ3v) is 2.10. The van der Waals surface area contributed by atoms with Crippen LogP contribution in [0.3, 0.4) is 0 Å². The van der Waals surface area contributed by atoms with Crippen LogP contribution >= 0.6 is 0 Å². The van der Waals surface area contributed by atoms with Crippen molar-refractivity contribution in [2.24, 2.45) is 5.10 Å². The van der Waals surface area contributed by atoms with Crippen LogP contribution in [0.4, 0.5) is 5.69 Å². The van der Waals surface area contributed by atoms with Gasteiger partial charge in [-0.3, -0.25) is 5.43 Å². The van der Waals surface area contributed by atoms with Crippen LogP contribution < -0.4 is 5.43 Å². The first kappa shape index (κ1) is 10.8. The fourth-order valence-corrected chi connectivity index (χ4v) is 1.20. The number of nitrogens with zero attached hydrogens (tertiary/aromatic N) is 5. The molecular weight excluding hydrogens is 218 g/mol. The van der Waals surface area contributed by atoms with Gasteiger partial charge in [-0.15, -0.1) is 10.2 Å². The minimum Gasteiger partial charge on any atom is -0.277 e. The van der Waals surface area contributed by atoms with Crippen molar-refractivity contribution in [3.05, 3.63) is 35.7 Å². The van der Waals surface area contributed by atoms with Gasteiger partial charge in [-0.1, -0.05) is 18.2 Å². The van der Waals surface area contributed by atoms with Crippen molar-refractivity contribution in [2.45, 2.75) is 6.92 Å². The van der Waals surface area contributed by atoms with Crippen LogP contribution in [0.25, 0.3) is 0 Å². The second kappa shape index (κ2) is 4.85. The Kier molecular flexibility index (Phi) is 3.07. The number of benzene rings is 1. The van der Waals surface area contributed by atoms with E-state index in [1.54, 1.807) is 0 Å². The number of anilines is 1. The zero-order valence-corrected chi connectivity index (χ0v) is 9.05. The first-order valence-electron chi connectivity index (χ1n) is 4.84.